The maximum atomic E-state index is 12.8. The van der Waals surface area contributed by atoms with Gasteiger partial charge in [0.15, 0.2) is 0 Å². The smallest absolute Gasteiger partial charge is 0.417 e. The molecule has 102 valence electrons. The predicted octanol–water partition coefficient (Wildman–Crippen LogP) is 3.49. The Labute approximate surface area is 112 Å². The van der Waals surface area contributed by atoms with Crippen molar-refractivity contribution in [2.75, 3.05) is 6.61 Å². The van der Waals surface area contributed by atoms with Crippen molar-refractivity contribution in [3.8, 4) is 6.07 Å². The van der Waals surface area contributed by atoms with Crippen molar-refractivity contribution in [3.63, 3.8) is 0 Å². The Morgan fingerprint density at radius 1 is 1.47 bits per heavy atom. The molecular formula is C12H9ClF3NO2. The molecule has 0 amide bonds. The summed E-state index contributed by atoms with van der Waals surface area (Å²) >= 11 is 5.52. The van der Waals surface area contributed by atoms with E-state index in [1.165, 1.54) is 13.0 Å². The molecule has 0 aliphatic heterocycles. The van der Waals surface area contributed by atoms with Crippen molar-refractivity contribution < 1.29 is 22.7 Å². The predicted molar refractivity (Wildman–Crippen MR) is 61.7 cm³/mol. The largest absolute Gasteiger partial charge is 0.462 e. The van der Waals surface area contributed by atoms with Gasteiger partial charge in [0.1, 0.15) is 6.07 Å². The highest BCUT2D eigenvalue weighted by molar-refractivity contribution is 6.17. The first-order valence-electron chi connectivity index (χ1n) is 5.22. The fraction of sp³-hybridized carbons (Fsp3) is 0.333. The zero-order chi connectivity index (χ0) is 14.6. The van der Waals surface area contributed by atoms with Gasteiger partial charge in [0.05, 0.1) is 23.3 Å². The number of esters is 1. The van der Waals surface area contributed by atoms with E-state index < -0.39 is 23.3 Å². The minimum Gasteiger partial charge on any atom is -0.462 e. The molecule has 0 radical (unpaired) electrons. The van der Waals surface area contributed by atoms with Gasteiger partial charge in [-0.15, -0.1) is 11.6 Å². The number of ether oxygens (including phenoxy) is 1. The Bertz CT molecular complexity index is 535. The highest BCUT2D eigenvalue weighted by Crippen LogP contribution is 2.34. The summed E-state index contributed by atoms with van der Waals surface area (Å²) in [7, 11) is 0. The van der Waals surface area contributed by atoms with Crippen LogP contribution in [0.15, 0.2) is 12.1 Å². The Balaban J connectivity index is 3.48. The highest BCUT2D eigenvalue weighted by atomic mass is 35.5. The molecule has 0 fully saturated rings. The van der Waals surface area contributed by atoms with Crippen molar-refractivity contribution >= 4 is 17.6 Å². The molecule has 0 aliphatic carbocycles. The lowest BCUT2D eigenvalue weighted by Gasteiger charge is -2.13. The van der Waals surface area contributed by atoms with E-state index in [0.29, 0.717) is 6.07 Å². The number of hydrogen-bond donors (Lipinski definition) is 0. The second kappa shape index (κ2) is 5.93. The highest BCUT2D eigenvalue weighted by Gasteiger charge is 2.35. The van der Waals surface area contributed by atoms with E-state index in [4.69, 9.17) is 16.9 Å². The maximum absolute atomic E-state index is 12.8. The van der Waals surface area contributed by atoms with Gasteiger partial charge in [-0.1, -0.05) is 0 Å². The van der Waals surface area contributed by atoms with Gasteiger partial charge >= 0.3 is 12.1 Å². The molecule has 0 saturated carbocycles. The van der Waals surface area contributed by atoms with Gasteiger partial charge in [-0.25, -0.2) is 4.79 Å². The normalized spacial score (nSPS) is 10.9. The summed E-state index contributed by atoms with van der Waals surface area (Å²) in [6.45, 7) is 1.57. The molecular weight excluding hydrogens is 283 g/mol. The van der Waals surface area contributed by atoms with Gasteiger partial charge in [-0.3, -0.25) is 0 Å². The van der Waals surface area contributed by atoms with E-state index in [-0.39, 0.29) is 23.6 Å². The van der Waals surface area contributed by atoms with E-state index in [1.807, 2.05) is 0 Å². The summed E-state index contributed by atoms with van der Waals surface area (Å²) in [5, 5.41) is 8.80. The molecule has 0 atom stereocenters. The van der Waals surface area contributed by atoms with Gasteiger partial charge in [0, 0.05) is 5.88 Å². The fourth-order valence-corrected chi connectivity index (χ4v) is 1.71. The molecule has 7 heteroatoms. The number of nitriles is 1. The lowest BCUT2D eigenvalue weighted by Crippen LogP contribution is -2.13. The van der Waals surface area contributed by atoms with Crippen LogP contribution in [0.3, 0.4) is 0 Å². The van der Waals surface area contributed by atoms with Gasteiger partial charge in [0.2, 0.25) is 0 Å². The summed E-state index contributed by atoms with van der Waals surface area (Å²) in [6, 6.07) is 3.20. The standard InChI is InChI=1S/C12H9ClF3NO2/c1-2-19-11(18)7-3-8(5-13)9(6-17)10(4-7)12(14,15)16/h3-4H,2,5H2,1H3. The molecule has 0 spiro atoms. The molecule has 1 rings (SSSR count). The molecule has 0 aliphatic rings. The first kappa shape index (κ1) is 15.3. The number of alkyl halides is 4. The molecule has 0 aromatic heterocycles. The molecule has 19 heavy (non-hydrogen) atoms. The third-order valence-corrected chi connectivity index (χ3v) is 2.58. The van der Waals surface area contributed by atoms with E-state index in [2.05, 4.69) is 4.74 Å². The van der Waals surface area contributed by atoms with E-state index in [9.17, 15) is 18.0 Å². The minimum absolute atomic E-state index is 0.0381. The monoisotopic (exact) mass is 291 g/mol. The van der Waals surface area contributed by atoms with Crippen LogP contribution in [-0.2, 0) is 16.8 Å². The van der Waals surface area contributed by atoms with E-state index >= 15 is 0 Å². The van der Waals surface area contributed by atoms with Crippen LogP contribution in [-0.4, -0.2) is 12.6 Å². The second-order valence-electron chi connectivity index (χ2n) is 3.52. The number of carbonyl (C=O) groups excluding carboxylic acids is 1. The molecule has 0 saturated heterocycles. The zero-order valence-corrected chi connectivity index (χ0v) is 10.6. The molecule has 0 unspecified atom stereocenters. The summed E-state index contributed by atoms with van der Waals surface area (Å²) in [6.07, 6.45) is -4.74. The fourth-order valence-electron chi connectivity index (χ4n) is 1.50. The van der Waals surface area contributed by atoms with E-state index in [0.717, 1.165) is 6.07 Å². The van der Waals surface area contributed by atoms with Crippen LogP contribution in [0.5, 0.6) is 0 Å². The minimum atomic E-state index is -4.74. The Morgan fingerprint density at radius 2 is 2.11 bits per heavy atom. The van der Waals surface area contributed by atoms with Crippen molar-refractivity contribution in [1.82, 2.24) is 0 Å². The maximum Gasteiger partial charge on any atom is 0.417 e. The number of carbonyl (C=O) groups is 1. The Morgan fingerprint density at radius 3 is 2.53 bits per heavy atom. The summed E-state index contributed by atoms with van der Waals surface area (Å²) in [4.78, 5) is 11.5. The van der Waals surface area contributed by atoms with E-state index in [1.54, 1.807) is 0 Å². The van der Waals surface area contributed by atoms with Crippen molar-refractivity contribution in [1.29, 1.82) is 5.26 Å². The van der Waals surface area contributed by atoms with Gasteiger partial charge < -0.3 is 4.74 Å². The molecule has 0 heterocycles. The van der Waals surface area contributed by atoms with Crippen molar-refractivity contribution in [3.05, 3.63) is 34.4 Å². The first-order chi connectivity index (χ1) is 8.85. The summed E-state index contributed by atoms with van der Waals surface area (Å²) in [5.41, 5.74) is -2.09. The van der Waals surface area contributed by atoms with Crippen LogP contribution in [0.25, 0.3) is 0 Å². The van der Waals surface area contributed by atoms with Crippen LogP contribution >= 0.6 is 11.6 Å². The first-order valence-corrected chi connectivity index (χ1v) is 5.75. The molecule has 0 N–H and O–H groups in total. The van der Waals surface area contributed by atoms with Gasteiger partial charge in [0.25, 0.3) is 0 Å². The number of rotatable bonds is 3. The van der Waals surface area contributed by atoms with Crippen LogP contribution in [0.2, 0.25) is 0 Å². The lowest BCUT2D eigenvalue weighted by molar-refractivity contribution is -0.137. The zero-order valence-electron chi connectivity index (χ0n) is 9.84. The van der Waals surface area contributed by atoms with Crippen LogP contribution < -0.4 is 0 Å². The van der Waals surface area contributed by atoms with Gasteiger partial charge in [-0.05, 0) is 24.6 Å². The number of hydrogen-bond acceptors (Lipinski definition) is 3. The summed E-state index contributed by atoms with van der Waals surface area (Å²) < 4.78 is 43.1. The molecule has 3 nitrogen and oxygen atoms in total. The van der Waals surface area contributed by atoms with Crippen LogP contribution in [0, 0.1) is 11.3 Å². The summed E-state index contributed by atoms with van der Waals surface area (Å²) in [5.74, 6) is -1.19. The lowest BCUT2D eigenvalue weighted by atomic mass is 9.98. The second-order valence-corrected chi connectivity index (χ2v) is 3.79. The topological polar surface area (TPSA) is 50.1 Å². The quantitative estimate of drug-likeness (QED) is 0.632. The molecule has 1 aromatic rings. The Hall–Kier alpha value is -1.74. The molecule has 0 bridgehead atoms. The average molecular weight is 292 g/mol. The van der Waals surface area contributed by atoms with Crippen molar-refractivity contribution in [2.24, 2.45) is 0 Å². The SMILES string of the molecule is CCOC(=O)c1cc(CCl)c(C#N)c(C(F)(F)F)c1. The third-order valence-electron chi connectivity index (χ3n) is 2.29. The van der Waals surface area contributed by atoms with Crippen molar-refractivity contribution in [2.45, 2.75) is 19.0 Å². The number of halogens is 4. The van der Waals surface area contributed by atoms with Crippen LogP contribution in [0.1, 0.15) is 34.0 Å². The van der Waals surface area contributed by atoms with Gasteiger partial charge in [-0.2, -0.15) is 18.4 Å². The molecule has 1 aromatic carbocycles. The number of benzene rings is 1. The number of nitrogens with zero attached hydrogens (tertiary/aromatic N) is 1. The van der Waals surface area contributed by atoms with Crippen LogP contribution in [0.4, 0.5) is 13.2 Å². The average Bonchev–Trinajstić information content (AvgIpc) is 2.36. The third kappa shape index (κ3) is 3.38. The Kier molecular flexibility index (Phi) is 4.78.